The molecule has 1 aromatic rings. The number of H-pyrrole nitrogens is 1. The molecular formula is C5H4BrN3. The molecule has 0 saturated heterocycles. The largest absolute Gasteiger partial charge is 0.280 e. The summed E-state index contributed by atoms with van der Waals surface area (Å²) in [6.45, 7) is 1.80. The fourth-order valence-corrected chi connectivity index (χ4v) is 1.00. The van der Waals surface area contributed by atoms with Gasteiger partial charge in [0, 0.05) is 0 Å². The van der Waals surface area contributed by atoms with E-state index in [1.807, 2.05) is 6.07 Å². The molecule has 1 rings (SSSR count). The number of nitrogens with zero attached hydrogens (tertiary/aromatic N) is 2. The van der Waals surface area contributed by atoms with Crippen LogP contribution >= 0.6 is 15.9 Å². The number of halogens is 1. The van der Waals surface area contributed by atoms with E-state index in [-0.39, 0.29) is 0 Å². The van der Waals surface area contributed by atoms with Crippen LogP contribution in [0.4, 0.5) is 0 Å². The van der Waals surface area contributed by atoms with Crippen LogP contribution in [0.1, 0.15) is 11.3 Å². The first kappa shape index (κ1) is 6.30. The lowest BCUT2D eigenvalue weighted by Gasteiger charge is -1.79. The Morgan fingerprint density at radius 2 is 2.44 bits per heavy atom. The Kier molecular flexibility index (Phi) is 1.54. The number of rotatable bonds is 0. The molecule has 0 aliphatic heterocycles. The van der Waals surface area contributed by atoms with Crippen molar-refractivity contribution < 1.29 is 0 Å². The van der Waals surface area contributed by atoms with Crippen molar-refractivity contribution in [3.8, 4) is 6.07 Å². The summed E-state index contributed by atoms with van der Waals surface area (Å²) >= 11 is 3.11. The molecule has 0 atom stereocenters. The highest BCUT2D eigenvalue weighted by Gasteiger charge is 2.04. The van der Waals surface area contributed by atoms with Gasteiger partial charge in [0.15, 0.2) is 0 Å². The Bertz CT molecular complexity index is 238. The van der Waals surface area contributed by atoms with Crippen molar-refractivity contribution in [1.29, 1.82) is 5.26 Å². The molecule has 0 aliphatic carbocycles. The van der Waals surface area contributed by atoms with Gasteiger partial charge in [-0.05, 0) is 22.9 Å². The van der Waals surface area contributed by atoms with Crippen LogP contribution in [0.15, 0.2) is 4.60 Å². The van der Waals surface area contributed by atoms with Crippen molar-refractivity contribution in [3.63, 3.8) is 0 Å². The Hall–Kier alpha value is -0.820. The summed E-state index contributed by atoms with van der Waals surface area (Å²) in [6, 6.07) is 2.00. The first-order valence-electron chi connectivity index (χ1n) is 2.36. The molecule has 0 radical (unpaired) electrons. The fourth-order valence-electron chi connectivity index (χ4n) is 0.529. The SMILES string of the molecule is Cc1[nH]nc(Br)c1C#N. The molecule has 9 heavy (non-hydrogen) atoms. The van der Waals surface area contributed by atoms with E-state index in [1.54, 1.807) is 6.92 Å². The second-order valence-corrected chi connectivity index (χ2v) is 2.38. The number of hydrogen-bond donors (Lipinski definition) is 1. The average Bonchev–Trinajstić information content (AvgIpc) is 2.12. The second-order valence-electron chi connectivity index (χ2n) is 1.63. The summed E-state index contributed by atoms with van der Waals surface area (Å²) < 4.78 is 0.586. The number of aromatic amines is 1. The molecule has 0 aromatic carbocycles. The van der Waals surface area contributed by atoms with Gasteiger partial charge in [0.1, 0.15) is 16.2 Å². The lowest BCUT2D eigenvalue weighted by Crippen LogP contribution is -1.73. The monoisotopic (exact) mass is 185 g/mol. The molecular weight excluding hydrogens is 182 g/mol. The van der Waals surface area contributed by atoms with Crippen LogP contribution in [0.25, 0.3) is 0 Å². The van der Waals surface area contributed by atoms with Crippen LogP contribution in [0.5, 0.6) is 0 Å². The predicted octanol–water partition coefficient (Wildman–Crippen LogP) is 1.35. The first-order chi connectivity index (χ1) is 4.25. The molecule has 0 fully saturated rings. The summed E-state index contributed by atoms with van der Waals surface area (Å²) in [4.78, 5) is 0. The van der Waals surface area contributed by atoms with Crippen LogP contribution in [0.3, 0.4) is 0 Å². The Morgan fingerprint density at radius 3 is 2.67 bits per heavy atom. The maximum Gasteiger partial charge on any atom is 0.145 e. The molecule has 0 amide bonds. The second kappa shape index (κ2) is 2.19. The Balaban J connectivity index is 3.27. The fraction of sp³-hybridized carbons (Fsp3) is 0.200. The minimum atomic E-state index is 0.579. The smallest absolute Gasteiger partial charge is 0.145 e. The Morgan fingerprint density at radius 1 is 1.78 bits per heavy atom. The first-order valence-corrected chi connectivity index (χ1v) is 3.15. The average molecular weight is 186 g/mol. The summed E-state index contributed by atoms with van der Waals surface area (Å²) in [6.07, 6.45) is 0. The van der Waals surface area contributed by atoms with Crippen LogP contribution in [-0.4, -0.2) is 10.2 Å². The van der Waals surface area contributed by atoms with Gasteiger partial charge in [-0.2, -0.15) is 10.4 Å². The van der Waals surface area contributed by atoms with Crippen LogP contribution in [0.2, 0.25) is 0 Å². The van der Waals surface area contributed by atoms with Gasteiger partial charge in [0.2, 0.25) is 0 Å². The van der Waals surface area contributed by atoms with Crippen molar-refractivity contribution in [2.24, 2.45) is 0 Å². The van der Waals surface area contributed by atoms with E-state index >= 15 is 0 Å². The van der Waals surface area contributed by atoms with Gasteiger partial charge in [-0.3, -0.25) is 5.10 Å². The van der Waals surface area contributed by atoms with Gasteiger partial charge in [0.05, 0.1) is 5.69 Å². The molecule has 0 unspecified atom stereocenters. The third kappa shape index (κ3) is 0.958. The van der Waals surface area contributed by atoms with E-state index in [0.717, 1.165) is 5.69 Å². The van der Waals surface area contributed by atoms with Crippen LogP contribution in [0, 0.1) is 18.3 Å². The molecule has 3 nitrogen and oxygen atoms in total. The molecule has 0 spiro atoms. The molecule has 1 heterocycles. The van der Waals surface area contributed by atoms with Gasteiger partial charge in [0.25, 0.3) is 0 Å². The van der Waals surface area contributed by atoms with Crippen molar-refractivity contribution in [2.75, 3.05) is 0 Å². The van der Waals surface area contributed by atoms with Crippen molar-refractivity contribution in [2.45, 2.75) is 6.92 Å². The van der Waals surface area contributed by atoms with E-state index in [4.69, 9.17) is 5.26 Å². The third-order valence-corrected chi connectivity index (χ3v) is 1.59. The van der Waals surface area contributed by atoms with Gasteiger partial charge in [-0.1, -0.05) is 0 Å². The standard InChI is InChI=1S/C5H4BrN3/c1-3-4(2-7)5(6)9-8-3/h1H3,(H,8,9). The zero-order valence-corrected chi connectivity index (χ0v) is 6.36. The lowest BCUT2D eigenvalue weighted by molar-refractivity contribution is 1.03. The van der Waals surface area contributed by atoms with Crippen LogP contribution < -0.4 is 0 Å². The highest BCUT2D eigenvalue weighted by molar-refractivity contribution is 9.10. The summed E-state index contributed by atoms with van der Waals surface area (Å²) in [5, 5.41) is 14.9. The quantitative estimate of drug-likeness (QED) is 0.664. The van der Waals surface area contributed by atoms with Crippen molar-refractivity contribution >= 4 is 15.9 Å². The van der Waals surface area contributed by atoms with E-state index in [9.17, 15) is 0 Å². The number of hydrogen-bond acceptors (Lipinski definition) is 2. The van der Waals surface area contributed by atoms with E-state index in [0.29, 0.717) is 10.2 Å². The van der Waals surface area contributed by atoms with Gasteiger partial charge in [-0.25, -0.2) is 0 Å². The van der Waals surface area contributed by atoms with E-state index < -0.39 is 0 Å². The maximum atomic E-state index is 8.45. The van der Waals surface area contributed by atoms with E-state index in [1.165, 1.54) is 0 Å². The van der Waals surface area contributed by atoms with Gasteiger partial charge in [-0.15, -0.1) is 0 Å². The van der Waals surface area contributed by atoms with E-state index in [2.05, 4.69) is 26.1 Å². The Labute approximate surface area is 60.8 Å². The minimum Gasteiger partial charge on any atom is -0.280 e. The van der Waals surface area contributed by atoms with Gasteiger partial charge >= 0.3 is 0 Å². The number of aromatic nitrogens is 2. The molecule has 0 aliphatic rings. The number of nitriles is 1. The molecule has 4 heteroatoms. The number of nitrogens with one attached hydrogen (secondary N) is 1. The van der Waals surface area contributed by atoms with Crippen LogP contribution in [-0.2, 0) is 0 Å². The summed E-state index contributed by atoms with van der Waals surface area (Å²) in [5.74, 6) is 0. The zero-order valence-electron chi connectivity index (χ0n) is 4.77. The summed E-state index contributed by atoms with van der Waals surface area (Å²) in [7, 11) is 0. The highest BCUT2D eigenvalue weighted by Crippen LogP contribution is 2.14. The molecule has 1 aromatic heterocycles. The molecule has 0 bridgehead atoms. The zero-order chi connectivity index (χ0) is 6.85. The lowest BCUT2D eigenvalue weighted by atomic mass is 10.3. The summed E-state index contributed by atoms with van der Waals surface area (Å²) in [5.41, 5.74) is 1.37. The third-order valence-electron chi connectivity index (χ3n) is 1.01. The number of aryl methyl sites for hydroxylation is 1. The highest BCUT2D eigenvalue weighted by atomic mass is 79.9. The van der Waals surface area contributed by atoms with Crippen molar-refractivity contribution in [1.82, 2.24) is 10.2 Å². The van der Waals surface area contributed by atoms with Gasteiger partial charge < -0.3 is 0 Å². The topological polar surface area (TPSA) is 52.5 Å². The normalized spacial score (nSPS) is 9.00. The minimum absolute atomic E-state index is 0.579. The maximum absolute atomic E-state index is 8.45. The van der Waals surface area contributed by atoms with Crippen molar-refractivity contribution in [3.05, 3.63) is 15.9 Å². The molecule has 0 saturated carbocycles. The molecule has 1 N–H and O–H groups in total. The predicted molar refractivity (Wildman–Crippen MR) is 35.7 cm³/mol. The molecule has 46 valence electrons.